The van der Waals surface area contributed by atoms with Crippen LogP contribution in [0.1, 0.15) is 0 Å². The van der Waals surface area contributed by atoms with Crippen molar-refractivity contribution in [3.8, 4) is 11.4 Å². The molecule has 4 aromatic rings. The van der Waals surface area contributed by atoms with E-state index in [1.165, 1.54) is 5.39 Å². The summed E-state index contributed by atoms with van der Waals surface area (Å²) in [6, 6.07) is 16.1. The first-order valence-corrected chi connectivity index (χ1v) is 6.41. The highest BCUT2D eigenvalue weighted by Gasteiger charge is 2.11. The van der Waals surface area contributed by atoms with Gasteiger partial charge in [-0.25, -0.2) is 0 Å². The third-order valence-electron chi connectivity index (χ3n) is 3.33. The van der Waals surface area contributed by atoms with Crippen LogP contribution in [0.25, 0.3) is 33.2 Å². The number of hydrogen-bond acceptors (Lipinski definition) is 1. The highest BCUT2D eigenvalue weighted by Crippen LogP contribution is 2.31. The Bertz CT molecular complexity index is 856. The van der Waals surface area contributed by atoms with E-state index < -0.39 is 0 Å². The summed E-state index contributed by atoms with van der Waals surface area (Å²) in [5.74, 6) is 0. The van der Waals surface area contributed by atoms with E-state index in [0.717, 1.165) is 27.8 Å². The van der Waals surface area contributed by atoms with Gasteiger partial charge in [0.05, 0.1) is 16.4 Å². The molecule has 0 bridgehead atoms. The Labute approximate surface area is 114 Å². The molecule has 2 aromatic heterocycles. The molecule has 0 atom stereocenters. The molecule has 2 aromatic carbocycles. The molecule has 0 aliphatic rings. The van der Waals surface area contributed by atoms with Gasteiger partial charge in [-0.3, -0.25) is 5.10 Å². The Hall–Kier alpha value is -2.26. The molecule has 0 saturated heterocycles. The van der Waals surface area contributed by atoms with Gasteiger partial charge in [0, 0.05) is 16.3 Å². The van der Waals surface area contributed by atoms with Gasteiger partial charge in [0.1, 0.15) is 5.52 Å². The van der Waals surface area contributed by atoms with Crippen molar-refractivity contribution in [1.82, 2.24) is 15.2 Å². The molecule has 0 aliphatic heterocycles. The number of para-hydroxylation sites is 2. The topological polar surface area (TPSA) is 44.5 Å². The lowest BCUT2D eigenvalue weighted by molar-refractivity contribution is 1.12. The molecule has 0 fully saturated rings. The Morgan fingerprint density at radius 2 is 1.89 bits per heavy atom. The van der Waals surface area contributed by atoms with Crippen molar-refractivity contribution in [2.24, 2.45) is 0 Å². The molecule has 2 heterocycles. The standard InChI is InChI=1S/C15H10ClN3/c16-11-6-3-5-10-14(11)18-19-15(10)13-8-9-4-1-2-7-12(9)17-13/h1-8,17H,(H,18,19). The lowest BCUT2D eigenvalue weighted by Crippen LogP contribution is -1.77. The van der Waals surface area contributed by atoms with Gasteiger partial charge in [-0.05, 0) is 18.2 Å². The van der Waals surface area contributed by atoms with Crippen molar-refractivity contribution in [3.63, 3.8) is 0 Å². The van der Waals surface area contributed by atoms with Gasteiger partial charge in [0.25, 0.3) is 0 Å². The summed E-state index contributed by atoms with van der Waals surface area (Å²) in [5.41, 5.74) is 3.90. The van der Waals surface area contributed by atoms with E-state index in [4.69, 9.17) is 11.6 Å². The molecule has 19 heavy (non-hydrogen) atoms. The summed E-state index contributed by atoms with van der Waals surface area (Å²) in [4.78, 5) is 3.40. The first kappa shape index (κ1) is 10.6. The van der Waals surface area contributed by atoms with Crippen molar-refractivity contribution in [2.75, 3.05) is 0 Å². The van der Waals surface area contributed by atoms with Gasteiger partial charge in [0.2, 0.25) is 0 Å². The molecule has 4 rings (SSSR count). The summed E-state index contributed by atoms with van der Waals surface area (Å²) in [6.07, 6.45) is 0. The van der Waals surface area contributed by atoms with Gasteiger partial charge in [0.15, 0.2) is 0 Å². The van der Waals surface area contributed by atoms with Crippen molar-refractivity contribution in [3.05, 3.63) is 53.6 Å². The lowest BCUT2D eigenvalue weighted by Gasteiger charge is -1.95. The number of rotatable bonds is 1. The minimum atomic E-state index is 0.663. The zero-order chi connectivity index (χ0) is 12.8. The molecule has 0 saturated carbocycles. The summed E-state index contributed by atoms with van der Waals surface area (Å²) in [5, 5.41) is 10.2. The summed E-state index contributed by atoms with van der Waals surface area (Å²) in [7, 11) is 0. The average molecular weight is 268 g/mol. The fourth-order valence-electron chi connectivity index (χ4n) is 2.42. The van der Waals surface area contributed by atoms with Crippen molar-refractivity contribution < 1.29 is 0 Å². The van der Waals surface area contributed by atoms with Crippen LogP contribution in [0.15, 0.2) is 48.5 Å². The number of hydrogen-bond donors (Lipinski definition) is 2. The van der Waals surface area contributed by atoms with Crippen molar-refractivity contribution in [2.45, 2.75) is 0 Å². The van der Waals surface area contributed by atoms with Gasteiger partial charge in [-0.2, -0.15) is 5.10 Å². The van der Waals surface area contributed by atoms with Crippen LogP contribution in [-0.2, 0) is 0 Å². The quantitative estimate of drug-likeness (QED) is 0.529. The number of aromatic amines is 2. The highest BCUT2D eigenvalue weighted by molar-refractivity contribution is 6.35. The Morgan fingerprint density at radius 1 is 1.00 bits per heavy atom. The molecule has 0 radical (unpaired) electrons. The van der Waals surface area contributed by atoms with Gasteiger partial charge >= 0.3 is 0 Å². The molecule has 0 unspecified atom stereocenters. The maximum atomic E-state index is 6.14. The SMILES string of the molecule is Clc1cccc2c(-c3cc4ccccc4[nH]3)[nH]nc12. The molecule has 4 heteroatoms. The first-order chi connectivity index (χ1) is 9.33. The van der Waals surface area contributed by atoms with Crippen LogP contribution in [0.2, 0.25) is 5.02 Å². The second kappa shape index (κ2) is 3.87. The summed E-state index contributed by atoms with van der Waals surface area (Å²) >= 11 is 6.14. The minimum Gasteiger partial charge on any atom is -0.353 e. The van der Waals surface area contributed by atoms with Gasteiger partial charge < -0.3 is 4.98 Å². The Balaban J connectivity index is 2.01. The number of benzene rings is 2. The van der Waals surface area contributed by atoms with Gasteiger partial charge in [-0.15, -0.1) is 0 Å². The second-order valence-electron chi connectivity index (χ2n) is 4.50. The van der Waals surface area contributed by atoms with Crippen molar-refractivity contribution in [1.29, 1.82) is 0 Å². The van der Waals surface area contributed by atoms with Crippen LogP contribution in [0.4, 0.5) is 0 Å². The first-order valence-electron chi connectivity index (χ1n) is 6.03. The van der Waals surface area contributed by atoms with Crippen LogP contribution >= 0.6 is 11.6 Å². The van der Waals surface area contributed by atoms with E-state index in [1.807, 2.05) is 30.3 Å². The third-order valence-corrected chi connectivity index (χ3v) is 3.64. The number of halogens is 1. The predicted molar refractivity (Wildman–Crippen MR) is 78.4 cm³/mol. The number of H-pyrrole nitrogens is 2. The van der Waals surface area contributed by atoms with Crippen LogP contribution in [0, 0.1) is 0 Å². The van der Waals surface area contributed by atoms with E-state index in [1.54, 1.807) is 0 Å². The molecular formula is C15H10ClN3. The zero-order valence-corrected chi connectivity index (χ0v) is 10.7. The van der Waals surface area contributed by atoms with E-state index in [9.17, 15) is 0 Å². The molecule has 2 N–H and O–H groups in total. The number of aromatic nitrogens is 3. The molecule has 3 nitrogen and oxygen atoms in total. The van der Waals surface area contributed by atoms with Gasteiger partial charge in [-0.1, -0.05) is 41.9 Å². The smallest absolute Gasteiger partial charge is 0.111 e. The number of nitrogens with zero attached hydrogens (tertiary/aromatic N) is 1. The Morgan fingerprint density at radius 3 is 2.79 bits per heavy atom. The zero-order valence-electron chi connectivity index (χ0n) is 9.94. The second-order valence-corrected chi connectivity index (χ2v) is 4.91. The number of fused-ring (bicyclic) bond motifs is 2. The van der Waals surface area contributed by atoms with Crippen molar-refractivity contribution >= 4 is 33.4 Å². The van der Waals surface area contributed by atoms with E-state index >= 15 is 0 Å². The molecule has 0 amide bonds. The highest BCUT2D eigenvalue weighted by atomic mass is 35.5. The number of nitrogens with one attached hydrogen (secondary N) is 2. The lowest BCUT2D eigenvalue weighted by atomic mass is 10.1. The summed E-state index contributed by atoms with van der Waals surface area (Å²) < 4.78 is 0. The maximum Gasteiger partial charge on any atom is 0.111 e. The van der Waals surface area contributed by atoms with Crippen LogP contribution < -0.4 is 0 Å². The van der Waals surface area contributed by atoms with E-state index in [0.29, 0.717) is 5.02 Å². The third kappa shape index (κ3) is 1.55. The summed E-state index contributed by atoms with van der Waals surface area (Å²) in [6.45, 7) is 0. The monoisotopic (exact) mass is 267 g/mol. The fourth-order valence-corrected chi connectivity index (χ4v) is 2.63. The van der Waals surface area contributed by atoms with Crippen LogP contribution in [0.3, 0.4) is 0 Å². The molecular weight excluding hydrogens is 258 g/mol. The van der Waals surface area contributed by atoms with Crippen LogP contribution in [0.5, 0.6) is 0 Å². The normalized spacial score (nSPS) is 11.4. The minimum absolute atomic E-state index is 0.663. The van der Waals surface area contributed by atoms with E-state index in [2.05, 4.69) is 33.4 Å². The molecule has 0 spiro atoms. The maximum absolute atomic E-state index is 6.14. The van der Waals surface area contributed by atoms with E-state index in [-0.39, 0.29) is 0 Å². The Kier molecular flexibility index (Phi) is 2.17. The molecule has 0 aliphatic carbocycles. The average Bonchev–Trinajstić information content (AvgIpc) is 3.02. The van der Waals surface area contributed by atoms with Crippen LogP contribution in [-0.4, -0.2) is 15.2 Å². The fraction of sp³-hybridized carbons (Fsp3) is 0. The predicted octanol–water partition coefficient (Wildman–Crippen LogP) is 4.36. The molecule has 92 valence electrons. The largest absolute Gasteiger partial charge is 0.353 e.